The fourth-order valence-electron chi connectivity index (χ4n) is 2.67. The summed E-state index contributed by atoms with van der Waals surface area (Å²) < 4.78 is 0. The second-order valence-corrected chi connectivity index (χ2v) is 7.22. The van der Waals surface area contributed by atoms with Gasteiger partial charge in [0, 0.05) is 10.9 Å². The molecule has 2 radical (unpaired) electrons. The van der Waals surface area contributed by atoms with Crippen molar-refractivity contribution in [2.75, 3.05) is 0 Å². The van der Waals surface area contributed by atoms with Crippen molar-refractivity contribution in [1.29, 1.82) is 0 Å². The first-order valence-corrected chi connectivity index (χ1v) is 9.06. The second-order valence-electron chi connectivity index (χ2n) is 6.53. The van der Waals surface area contributed by atoms with Crippen LogP contribution in [0.2, 0.25) is 0 Å². The summed E-state index contributed by atoms with van der Waals surface area (Å²) in [6.07, 6.45) is 12.9. The van der Waals surface area contributed by atoms with Gasteiger partial charge in [-0.3, -0.25) is 0 Å². The number of nitrogens with one attached hydrogen (secondary N) is 1. The van der Waals surface area contributed by atoms with Gasteiger partial charge >= 0.3 is 0 Å². The summed E-state index contributed by atoms with van der Waals surface area (Å²) in [6, 6.07) is 0. The molecule has 118 valence electrons. The first-order valence-electron chi connectivity index (χ1n) is 8.62. The van der Waals surface area contributed by atoms with Crippen molar-refractivity contribution in [3.8, 4) is 0 Å². The number of hydrogen-bond acceptors (Lipinski definition) is 1. The fraction of sp³-hybridized carbons (Fsp3) is 1.00. The van der Waals surface area contributed by atoms with E-state index < -0.39 is 0 Å². The quantitative estimate of drug-likeness (QED) is 0.273. The minimum atomic E-state index is -0.112. The maximum absolute atomic E-state index is 6.12. The van der Waals surface area contributed by atoms with E-state index in [4.69, 9.17) is 19.4 Å². The number of unbranched alkanes of at least 4 members (excludes halogenated alkanes) is 6. The third-order valence-electron chi connectivity index (χ3n) is 4.17. The van der Waals surface area contributed by atoms with E-state index in [2.05, 4.69) is 26.1 Å². The number of halogens is 1. The van der Waals surface area contributed by atoms with E-state index >= 15 is 0 Å². The van der Waals surface area contributed by atoms with Gasteiger partial charge in [-0.05, 0) is 32.6 Å². The van der Waals surface area contributed by atoms with E-state index in [1.807, 2.05) is 6.92 Å². The van der Waals surface area contributed by atoms with Gasteiger partial charge in [0.15, 0.2) is 0 Å². The number of rotatable bonds is 13. The van der Waals surface area contributed by atoms with Crippen LogP contribution in [0.1, 0.15) is 91.9 Å². The Morgan fingerprint density at radius 2 is 1.40 bits per heavy atom. The summed E-state index contributed by atoms with van der Waals surface area (Å²) in [5.74, 6) is -0.112. The molecule has 2 atom stereocenters. The van der Waals surface area contributed by atoms with Crippen molar-refractivity contribution in [2.45, 2.75) is 109 Å². The minimum Gasteiger partial charge on any atom is -0.316 e. The van der Waals surface area contributed by atoms with Crippen LogP contribution >= 0.6 is 11.6 Å². The monoisotopic (exact) mass is 299 g/mol. The molecular weight excluding hydrogens is 264 g/mol. The molecule has 1 nitrogen and oxygen atoms in total. The molecule has 0 aliphatic rings. The van der Waals surface area contributed by atoms with Crippen molar-refractivity contribution in [3.05, 3.63) is 0 Å². The minimum absolute atomic E-state index is 0.0272. The third-order valence-corrected chi connectivity index (χ3v) is 4.45. The number of alkyl halides is 1. The lowest BCUT2D eigenvalue weighted by molar-refractivity contribution is 0.278. The molecular formula is C17H35BClN. The number of hydrogen-bond donors (Lipinski definition) is 1. The summed E-state index contributed by atoms with van der Waals surface area (Å²) in [5.41, 5.74) is 0.143. The lowest BCUT2D eigenvalue weighted by Crippen LogP contribution is -2.51. The van der Waals surface area contributed by atoms with Crippen molar-refractivity contribution < 1.29 is 0 Å². The Morgan fingerprint density at radius 1 is 0.950 bits per heavy atom. The zero-order valence-corrected chi connectivity index (χ0v) is 14.9. The van der Waals surface area contributed by atoms with Gasteiger partial charge in [0.25, 0.3) is 0 Å². The molecule has 1 N–H and O–H groups in total. The van der Waals surface area contributed by atoms with Crippen LogP contribution in [-0.2, 0) is 0 Å². The molecule has 0 aromatic carbocycles. The van der Waals surface area contributed by atoms with Crippen molar-refractivity contribution in [2.24, 2.45) is 0 Å². The average Bonchev–Trinajstić information content (AvgIpc) is 2.40. The third kappa shape index (κ3) is 10.1. The van der Waals surface area contributed by atoms with Crippen LogP contribution in [-0.4, -0.2) is 24.7 Å². The van der Waals surface area contributed by atoms with Gasteiger partial charge in [-0.25, -0.2) is 0 Å². The topological polar surface area (TPSA) is 12.0 Å². The van der Waals surface area contributed by atoms with Crippen LogP contribution in [0, 0.1) is 0 Å². The van der Waals surface area contributed by atoms with Gasteiger partial charge in [0.2, 0.25) is 0 Å². The molecule has 0 fully saturated rings. The molecule has 0 rings (SSSR count). The maximum Gasteiger partial charge on any atom is 0.0927 e. The molecule has 0 saturated carbocycles. The lowest BCUT2D eigenvalue weighted by Gasteiger charge is -2.36. The largest absolute Gasteiger partial charge is 0.316 e. The fourth-order valence-corrected chi connectivity index (χ4v) is 2.73. The molecule has 0 spiro atoms. The predicted molar refractivity (Wildman–Crippen MR) is 93.9 cm³/mol. The molecule has 0 aliphatic carbocycles. The van der Waals surface area contributed by atoms with Crippen molar-refractivity contribution >= 4 is 19.4 Å². The second kappa shape index (κ2) is 11.9. The first-order chi connectivity index (χ1) is 9.45. The van der Waals surface area contributed by atoms with Crippen molar-refractivity contribution in [1.82, 2.24) is 5.32 Å². The van der Waals surface area contributed by atoms with Crippen molar-refractivity contribution in [3.63, 3.8) is 0 Å². The molecule has 0 aromatic heterocycles. The smallest absolute Gasteiger partial charge is 0.0927 e. The Morgan fingerprint density at radius 3 is 1.75 bits per heavy atom. The highest BCUT2D eigenvalue weighted by atomic mass is 35.5. The molecule has 0 amide bonds. The van der Waals surface area contributed by atoms with E-state index in [1.165, 1.54) is 64.2 Å². The Hall–Kier alpha value is 0.315. The van der Waals surface area contributed by atoms with E-state index in [0.717, 1.165) is 0 Å². The summed E-state index contributed by atoms with van der Waals surface area (Å²) >= 11 is 6.11. The summed E-state index contributed by atoms with van der Waals surface area (Å²) in [6.45, 7) is 8.80. The highest BCUT2D eigenvalue weighted by molar-refractivity contribution is 6.26. The van der Waals surface area contributed by atoms with Gasteiger partial charge in [-0.1, -0.05) is 65.2 Å². The normalized spacial score (nSPS) is 15.2. The lowest BCUT2D eigenvalue weighted by atomic mass is 9.83. The summed E-state index contributed by atoms with van der Waals surface area (Å²) in [5, 5.41) is 3.57. The summed E-state index contributed by atoms with van der Waals surface area (Å²) in [7, 11) is 6.12. The van der Waals surface area contributed by atoms with Crippen LogP contribution in [0.15, 0.2) is 0 Å². The van der Waals surface area contributed by atoms with Gasteiger partial charge < -0.3 is 5.32 Å². The Bertz CT molecular complexity index is 209. The Balaban J connectivity index is 4.26. The standard InChI is InChI=1S/C17H35BClN/c1-5-7-9-11-13-17(4,14-12-10-8-6-2)20-16(18)15(3)19/h15-16,20H,5-14H2,1-4H3. The zero-order chi connectivity index (χ0) is 15.4. The van der Waals surface area contributed by atoms with Gasteiger partial charge in [0.1, 0.15) is 0 Å². The predicted octanol–water partition coefficient (Wildman–Crippen LogP) is 5.40. The molecule has 2 unspecified atom stereocenters. The van der Waals surface area contributed by atoms with Crippen LogP contribution < -0.4 is 5.32 Å². The Kier molecular flexibility index (Phi) is 12.1. The highest BCUT2D eigenvalue weighted by Crippen LogP contribution is 2.24. The molecule has 20 heavy (non-hydrogen) atoms. The maximum atomic E-state index is 6.12. The van der Waals surface area contributed by atoms with Crippen LogP contribution in [0.3, 0.4) is 0 Å². The first kappa shape index (κ1) is 20.3. The van der Waals surface area contributed by atoms with Crippen LogP contribution in [0.25, 0.3) is 0 Å². The molecule has 0 bridgehead atoms. The summed E-state index contributed by atoms with van der Waals surface area (Å²) in [4.78, 5) is 0. The Labute approximate surface area is 134 Å². The van der Waals surface area contributed by atoms with E-state index in [-0.39, 0.29) is 16.9 Å². The molecule has 3 heteroatoms. The van der Waals surface area contributed by atoms with Crippen LogP contribution in [0.5, 0.6) is 0 Å². The van der Waals surface area contributed by atoms with E-state index in [9.17, 15) is 0 Å². The molecule has 0 aromatic rings. The van der Waals surface area contributed by atoms with E-state index in [0.29, 0.717) is 0 Å². The van der Waals surface area contributed by atoms with Gasteiger partial charge in [-0.15, -0.1) is 11.6 Å². The van der Waals surface area contributed by atoms with Gasteiger partial charge in [-0.2, -0.15) is 0 Å². The zero-order valence-electron chi connectivity index (χ0n) is 14.2. The SMILES string of the molecule is [B]C(NC(C)(CCCCCC)CCCCCC)C(C)Cl. The van der Waals surface area contributed by atoms with Crippen LogP contribution in [0.4, 0.5) is 0 Å². The van der Waals surface area contributed by atoms with Gasteiger partial charge in [0.05, 0.1) is 7.85 Å². The highest BCUT2D eigenvalue weighted by Gasteiger charge is 2.26. The average molecular weight is 300 g/mol. The molecule has 0 saturated heterocycles. The molecule has 0 aliphatic heterocycles. The van der Waals surface area contributed by atoms with E-state index in [1.54, 1.807) is 0 Å². The molecule has 0 heterocycles.